The lowest BCUT2D eigenvalue weighted by molar-refractivity contribution is 0.151. The summed E-state index contributed by atoms with van der Waals surface area (Å²) in [7, 11) is 1.92. The zero-order valence-electron chi connectivity index (χ0n) is 8.61. The Labute approximate surface area is 71.3 Å². The van der Waals surface area contributed by atoms with E-state index in [0.29, 0.717) is 0 Å². The molecule has 0 atom stereocenters. The maximum absolute atomic E-state index is 5.01. The average molecular weight is 161 g/mol. The fourth-order valence-electron chi connectivity index (χ4n) is 0.319. The van der Waals surface area contributed by atoms with E-state index in [4.69, 9.17) is 4.74 Å². The zero-order valence-corrected chi connectivity index (χ0v) is 8.61. The standard InChI is InChI=1S/C5H13NO.C4H10/c1-3-7-5-4-6-2;1-4(2)3/h6H,3-5H2,1-2H3;4H,1-3H3. The molecule has 2 heteroatoms. The van der Waals surface area contributed by atoms with Crippen LogP contribution in [0.5, 0.6) is 0 Å². The van der Waals surface area contributed by atoms with E-state index in [-0.39, 0.29) is 0 Å². The molecule has 0 aliphatic carbocycles. The quantitative estimate of drug-likeness (QED) is 0.636. The van der Waals surface area contributed by atoms with Crippen LogP contribution in [-0.2, 0) is 4.74 Å². The van der Waals surface area contributed by atoms with Gasteiger partial charge < -0.3 is 10.1 Å². The molecule has 11 heavy (non-hydrogen) atoms. The first kappa shape index (κ1) is 13.5. The van der Waals surface area contributed by atoms with Crippen LogP contribution in [0.25, 0.3) is 0 Å². The first-order chi connectivity index (χ1) is 5.15. The average Bonchev–Trinajstić information content (AvgIpc) is 1.88. The van der Waals surface area contributed by atoms with E-state index in [9.17, 15) is 0 Å². The summed E-state index contributed by atoms with van der Waals surface area (Å²) < 4.78 is 5.01. The number of hydrogen-bond donors (Lipinski definition) is 1. The van der Waals surface area contributed by atoms with Crippen LogP contribution in [0.3, 0.4) is 0 Å². The monoisotopic (exact) mass is 161 g/mol. The third-order valence-electron chi connectivity index (χ3n) is 0.701. The highest BCUT2D eigenvalue weighted by atomic mass is 16.5. The molecule has 0 fully saturated rings. The Hall–Kier alpha value is -0.0800. The molecule has 0 aromatic carbocycles. The number of nitrogens with one attached hydrogen (secondary N) is 1. The van der Waals surface area contributed by atoms with Crippen molar-refractivity contribution in [2.24, 2.45) is 5.92 Å². The second-order valence-corrected chi connectivity index (χ2v) is 3.03. The molecule has 0 aromatic heterocycles. The van der Waals surface area contributed by atoms with E-state index >= 15 is 0 Å². The molecule has 0 radical (unpaired) electrons. The largest absolute Gasteiger partial charge is 0.380 e. The molecule has 0 unspecified atom stereocenters. The molecule has 0 saturated heterocycles. The van der Waals surface area contributed by atoms with Gasteiger partial charge in [0.25, 0.3) is 0 Å². The van der Waals surface area contributed by atoms with E-state index in [2.05, 4.69) is 26.1 Å². The van der Waals surface area contributed by atoms with Crippen LogP contribution in [0, 0.1) is 5.92 Å². The lowest BCUT2D eigenvalue weighted by atomic mass is 10.3. The smallest absolute Gasteiger partial charge is 0.0590 e. The second-order valence-electron chi connectivity index (χ2n) is 3.03. The fraction of sp³-hybridized carbons (Fsp3) is 1.00. The lowest BCUT2D eigenvalue weighted by Crippen LogP contribution is -2.13. The first-order valence-corrected chi connectivity index (χ1v) is 4.37. The van der Waals surface area contributed by atoms with Gasteiger partial charge in [-0.2, -0.15) is 0 Å². The van der Waals surface area contributed by atoms with Gasteiger partial charge in [0.05, 0.1) is 6.61 Å². The molecule has 0 heterocycles. The molecule has 1 N–H and O–H groups in total. The maximum Gasteiger partial charge on any atom is 0.0590 e. The van der Waals surface area contributed by atoms with Gasteiger partial charge in [-0.25, -0.2) is 0 Å². The van der Waals surface area contributed by atoms with Crippen LogP contribution in [0.4, 0.5) is 0 Å². The summed E-state index contributed by atoms with van der Waals surface area (Å²) in [5.74, 6) is 0.833. The van der Waals surface area contributed by atoms with Crippen molar-refractivity contribution >= 4 is 0 Å². The summed E-state index contributed by atoms with van der Waals surface area (Å²) >= 11 is 0. The van der Waals surface area contributed by atoms with Crippen LogP contribution in [0.15, 0.2) is 0 Å². The van der Waals surface area contributed by atoms with Crippen molar-refractivity contribution in [1.29, 1.82) is 0 Å². The highest BCUT2D eigenvalue weighted by Crippen LogP contribution is 1.81. The minimum Gasteiger partial charge on any atom is -0.380 e. The summed E-state index contributed by atoms with van der Waals surface area (Å²) in [5, 5.41) is 2.98. The molecular weight excluding hydrogens is 138 g/mol. The number of ether oxygens (including phenoxy) is 1. The molecule has 0 bridgehead atoms. The van der Waals surface area contributed by atoms with Gasteiger partial charge in [-0.05, 0) is 19.9 Å². The summed E-state index contributed by atoms with van der Waals surface area (Å²) in [6, 6.07) is 0. The van der Waals surface area contributed by atoms with Crippen LogP contribution in [0.1, 0.15) is 27.7 Å². The molecule has 70 valence electrons. The Morgan fingerprint density at radius 1 is 1.27 bits per heavy atom. The Balaban J connectivity index is 0. The molecule has 0 aliphatic rings. The molecular formula is C9H23NO. The zero-order chi connectivity index (χ0) is 9.11. The maximum atomic E-state index is 5.01. The van der Waals surface area contributed by atoms with Crippen LogP contribution >= 0.6 is 0 Å². The van der Waals surface area contributed by atoms with Crippen molar-refractivity contribution in [2.75, 3.05) is 26.8 Å². The summed E-state index contributed by atoms with van der Waals surface area (Å²) in [5.41, 5.74) is 0. The van der Waals surface area contributed by atoms with Crippen LogP contribution in [0.2, 0.25) is 0 Å². The van der Waals surface area contributed by atoms with E-state index in [1.54, 1.807) is 0 Å². The van der Waals surface area contributed by atoms with Crippen molar-refractivity contribution in [3.63, 3.8) is 0 Å². The van der Waals surface area contributed by atoms with Crippen molar-refractivity contribution in [2.45, 2.75) is 27.7 Å². The molecule has 0 spiro atoms. The lowest BCUT2D eigenvalue weighted by Gasteiger charge is -1.96. The van der Waals surface area contributed by atoms with Gasteiger partial charge in [0.2, 0.25) is 0 Å². The summed E-state index contributed by atoms with van der Waals surface area (Å²) in [6.07, 6.45) is 0. The van der Waals surface area contributed by atoms with Gasteiger partial charge in [0, 0.05) is 13.2 Å². The molecule has 0 aromatic rings. The van der Waals surface area contributed by atoms with Crippen molar-refractivity contribution in [3.8, 4) is 0 Å². The predicted molar refractivity (Wildman–Crippen MR) is 50.9 cm³/mol. The van der Waals surface area contributed by atoms with E-state index in [1.807, 2.05) is 14.0 Å². The van der Waals surface area contributed by atoms with Crippen molar-refractivity contribution < 1.29 is 4.74 Å². The second kappa shape index (κ2) is 12.6. The third kappa shape index (κ3) is 40.5. The molecule has 0 amide bonds. The van der Waals surface area contributed by atoms with Gasteiger partial charge in [-0.3, -0.25) is 0 Å². The summed E-state index contributed by atoms with van der Waals surface area (Å²) in [6.45, 7) is 11.1. The first-order valence-electron chi connectivity index (χ1n) is 4.37. The molecule has 0 aliphatic heterocycles. The van der Waals surface area contributed by atoms with E-state index in [1.165, 1.54) is 0 Å². The van der Waals surface area contributed by atoms with Gasteiger partial charge in [0.15, 0.2) is 0 Å². The predicted octanol–water partition coefficient (Wildman–Crippen LogP) is 1.90. The van der Waals surface area contributed by atoms with Gasteiger partial charge >= 0.3 is 0 Å². The Bertz CT molecular complexity index is 48.8. The minimum atomic E-state index is 0.821. The topological polar surface area (TPSA) is 21.3 Å². The highest BCUT2D eigenvalue weighted by molar-refractivity contribution is 4.32. The van der Waals surface area contributed by atoms with Gasteiger partial charge in [-0.15, -0.1) is 0 Å². The van der Waals surface area contributed by atoms with Crippen LogP contribution in [-0.4, -0.2) is 26.8 Å². The SMILES string of the molecule is CC(C)C.CCOCCNC. The van der Waals surface area contributed by atoms with Crippen molar-refractivity contribution in [3.05, 3.63) is 0 Å². The Morgan fingerprint density at radius 2 is 1.73 bits per heavy atom. The normalized spacial score (nSPS) is 9.27. The van der Waals surface area contributed by atoms with Gasteiger partial charge in [-0.1, -0.05) is 20.8 Å². The number of hydrogen-bond acceptors (Lipinski definition) is 2. The number of likely N-dealkylation sites (N-methyl/N-ethyl adjacent to an activating group) is 1. The van der Waals surface area contributed by atoms with Crippen LogP contribution < -0.4 is 5.32 Å². The molecule has 0 saturated carbocycles. The van der Waals surface area contributed by atoms with Gasteiger partial charge in [0.1, 0.15) is 0 Å². The fourth-order valence-corrected chi connectivity index (χ4v) is 0.319. The number of rotatable bonds is 4. The molecule has 2 nitrogen and oxygen atoms in total. The van der Waals surface area contributed by atoms with Crippen molar-refractivity contribution in [1.82, 2.24) is 5.32 Å². The minimum absolute atomic E-state index is 0.821. The molecule has 0 rings (SSSR count). The Kier molecular flexibility index (Phi) is 15.4. The Morgan fingerprint density at radius 3 is 2.00 bits per heavy atom. The summed E-state index contributed by atoms with van der Waals surface area (Å²) in [4.78, 5) is 0. The third-order valence-corrected chi connectivity index (χ3v) is 0.701. The van der Waals surface area contributed by atoms with E-state index in [0.717, 1.165) is 25.7 Å². The van der Waals surface area contributed by atoms with E-state index < -0.39 is 0 Å². The highest BCUT2D eigenvalue weighted by Gasteiger charge is 1.77.